The van der Waals surface area contributed by atoms with E-state index in [1.165, 1.54) is 17.0 Å². The minimum Gasteiger partial charge on any atom is -0.481 e. The number of carbonyl (C=O) groups is 1. The Balaban J connectivity index is 1.27. The van der Waals surface area contributed by atoms with Crippen LogP contribution in [0.2, 0.25) is 0 Å². The summed E-state index contributed by atoms with van der Waals surface area (Å²) in [5, 5.41) is 17.4. The van der Waals surface area contributed by atoms with Crippen LogP contribution in [-0.4, -0.2) is 55.4 Å². The van der Waals surface area contributed by atoms with Gasteiger partial charge in [0.1, 0.15) is 11.6 Å². The van der Waals surface area contributed by atoms with Gasteiger partial charge in [-0.3, -0.25) is 4.79 Å². The Bertz CT molecular complexity index is 1390. The van der Waals surface area contributed by atoms with Gasteiger partial charge in [0.25, 0.3) is 11.8 Å². The van der Waals surface area contributed by atoms with Crippen molar-refractivity contribution in [1.82, 2.24) is 25.2 Å². The van der Waals surface area contributed by atoms with Crippen LogP contribution in [0, 0.1) is 5.82 Å². The highest BCUT2D eigenvalue weighted by Gasteiger charge is 2.31. The lowest BCUT2D eigenvalue weighted by Crippen LogP contribution is -2.53. The van der Waals surface area contributed by atoms with E-state index in [-0.39, 0.29) is 36.3 Å². The lowest BCUT2D eigenvalue weighted by atomic mass is 10.1. The fourth-order valence-corrected chi connectivity index (χ4v) is 3.84. The number of β-amino-alcohol motifs (C(OH)–C–C–N with tert-alkyl or cyclic N) is 1. The summed E-state index contributed by atoms with van der Waals surface area (Å²) in [6.45, 7) is 6.28. The van der Waals surface area contributed by atoms with Gasteiger partial charge in [0.05, 0.1) is 11.7 Å². The summed E-state index contributed by atoms with van der Waals surface area (Å²) in [6.07, 6.45) is -0.525. The van der Waals surface area contributed by atoms with Crippen LogP contribution in [0.4, 0.5) is 4.39 Å². The molecule has 2 aromatic heterocycles. The summed E-state index contributed by atoms with van der Waals surface area (Å²) in [6, 6.07) is 11.4. The van der Waals surface area contributed by atoms with Crippen molar-refractivity contribution in [3.8, 4) is 28.5 Å². The van der Waals surface area contributed by atoms with E-state index < -0.39 is 23.9 Å². The van der Waals surface area contributed by atoms with Gasteiger partial charge in [0, 0.05) is 30.1 Å². The molecule has 0 aliphatic carbocycles. The number of nitrogens with zero attached hydrogens (tertiary/aromatic N) is 5. The molecule has 10 nitrogen and oxygen atoms in total. The Hall–Kier alpha value is -4.12. The number of carbonyl (C=O) groups excluding carboxylic acids is 1. The highest BCUT2D eigenvalue weighted by Crippen LogP contribution is 2.29. The highest BCUT2D eigenvalue weighted by molar-refractivity contribution is 5.95. The quantitative estimate of drug-likeness (QED) is 0.369. The maximum atomic E-state index is 14.7. The van der Waals surface area contributed by atoms with Gasteiger partial charge in [0.15, 0.2) is 6.10 Å². The molecule has 0 radical (unpaired) electrons. The molecule has 1 aliphatic heterocycles. The smallest absolute Gasteiger partial charge is 0.268 e. The average molecular weight is 508 g/mol. The van der Waals surface area contributed by atoms with E-state index in [0.717, 1.165) is 5.56 Å². The first-order valence-electron chi connectivity index (χ1n) is 12.0. The standard InChI is InChI=1S/C26H26FN5O5/c1-4-21(35-18-8-5-15(6-9-18)22-28-24(14(2)3)36-30-22)25-29-23(31-37-25)16-7-10-19(20(27)11-16)26(34)32-12-17(33)13-32/h5-11,14,17,21,33H,4,12-13H2,1-3H3. The Morgan fingerprint density at radius 1 is 1.05 bits per heavy atom. The summed E-state index contributed by atoms with van der Waals surface area (Å²) >= 11 is 0. The van der Waals surface area contributed by atoms with Gasteiger partial charge in [-0.2, -0.15) is 9.97 Å². The normalized spacial score (nSPS) is 14.6. The first kappa shape index (κ1) is 24.6. The summed E-state index contributed by atoms with van der Waals surface area (Å²) in [4.78, 5) is 22.5. The first-order chi connectivity index (χ1) is 17.8. The van der Waals surface area contributed by atoms with E-state index in [9.17, 15) is 14.3 Å². The number of benzene rings is 2. The van der Waals surface area contributed by atoms with Gasteiger partial charge < -0.3 is 23.8 Å². The van der Waals surface area contributed by atoms with E-state index in [1.54, 1.807) is 18.2 Å². The molecule has 5 rings (SSSR count). The molecule has 1 unspecified atom stereocenters. The summed E-state index contributed by atoms with van der Waals surface area (Å²) < 4.78 is 31.4. The Morgan fingerprint density at radius 3 is 2.27 bits per heavy atom. The number of likely N-dealkylation sites (tertiary alicyclic amines) is 1. The van der Waals surface area contributed by atoms with Gasteiger partial charge in [-0.25, -0.2) is 4.39 Å². The lowest BCUT2D eigenvalue weighted by molar-refractivity contribution is 0.00559. The van der Waals surface area contributed by atoms with E-state index in [4.69, 9.17) is 13.8 Å². The molecule has 1 amide bonds. The highest BCUT2D eigenvalue weighted by atomic mass is 19.1. The molecule has 1 aliphatic rings. The topological polar surface area (TPSA) is 128 Å². The van der Waals surface area contributed by atoms with Crippen molar-refractivity contribution in [2.75, 3.05) is 13.1 Å². The third kappa shape index (κ3) is 5.08. The van der Waals surface area contributed by atoms with Crippen LogP contribution in [-0.2, 0) is 0 Å². The second-order valence-corrected chi connectivity index (χ2v) is 9.16. The molecule has 0 saturated carbocycles. The molecule has 37 heavy (non-hydrogen) atoms. The van der Waals surface area contributed by atoms with Crippen LogP contribution in [0.25, 0.3) is 22.8 Å². The molecule has 1 saturated heterocycles. The zero-order valence-corrected chi connectivity index (χ0v) is 20.6. The van der Waals surface area contributed by atoms with Gasteiger partial charge in [-0.05, 0) is 42.8 Å². The molecule has 2 aromatic carbocycles. The minimum atomic E-state index is -0.694. The van der Waals surface area contributed by atoms with Gasteiger partial charge in [0.2, 0.25) is 17.5 Å². The third-order valence-corrected chi connectivity index (χ3v) is 6.02. The fourth-order valence-electron chi connectivity index (χ4n) is 3.84. The van der Waals surface area contributed by atoms with Crippen LogP contribution in [0.5, 0.6) is 5.75 Å². The molecule has 1 N–H and O–H groups in total. The third-order valence-electron chi connectivity index (χ3n) is 6.02. The Morgan fingerprint density at radius 2 is 1.68 bits per heavy atom. The van der Waals surface area contributed by atoms with Crippen molar-refractivity contribution in [3.05, 3.63) is 65.6 Å². The maximum Gasteiger partial charge on any atom is 0.268 e. The summed E-state index contributed by atoms with van der Waals surface area (Å²) in [5.74, 6) is 1.09. The molecular formula is C26H26FN5O5. The molecule has 1 atom stereocenters. The predicted octanol–water partition coefficient (Wildman–Crippen LogP) is 4.40. The number of aliphatic hydroxyl groups excluding tert-OH is 1. The van der Waals surface area contributed by atoms with Crippen LogP contribution in [0.3, 0.4) is 0 Å². The van der Waals surface area contributed by atoms with Crippen LogP contribution in [0.1, 0.15) is 61.4 Å². The Kier molecular flexibility index (Phi) is 6.70. The second kappa shape index (κ2) is 10.1. The molecule has 3 heterocycles. The molecule has 4 aromatic rings. The van der Waals surface area contributed by atoms with Crippen molar-refractivity contribution in [3.63, 3.8) is 0 Å². The first-order valence-corrected chi connectivity index (χ1v) is 12.0. The number of hydrogen-bond acceptors (Lipinski definition) is 9. The molecule has 1 fully saturated rings. The summed E-state index contributed by atoms with van der Waals surface area (Å²) in [5.41, 5.74) is 1.09. The number of rotatable bonds is 8. The number of halogens is 1. The number of aliphatic hydroxyl groups is 1. The van der Waals surface area contributed by atoms with Crippen molar-refractivity contribution in [1.29, 1.82) is 0 Å². The zero-order chi connectivity index (χ0) is 26.1. The van der Waals surface area contributed by atoms with Gasteiger partial charge in [-0.15, -0.1) is 0 Å². The van der Waals surface area contributed by atoms with Crippen molar-refractivity contribution in [2.24, 2.45) is 0 Å². The van der Waals surface area contributed by atoms with E-state index in [0.29, 0.717) is 29.4 Å². The predicted molar refractivity (Wildman–Crippen MR) is 129 cm³/mol. The van der Waals surface area contributed by atoms with E-state index in [1.807, 2.05) is 32.9 Å². The molecule has 192 valence electrons. The second-order valence-electron chi connectivity index (χ2n) is 9.16. The molecule has 0 spiro atoms. The maximum absolute atomic E-state index is 14.7. The number of amides is 1. The van der Waals surface area contributed by atoms with Crippen LogP contribution >= 0.6 is 0 Å². The van der Waals surface area contributed by atoms with Crippen molar-refractivity contribution < 1.29 is 28.1 Å². The molecule has 0 bridgehead atoms. The van der Waals surface area contributed by atoms with E-state index in [2.05, 4.69) is 20.3 Å². The minimum absolute atomic E-state index is 0.0705. The van der Waals surface area contributed by atoms with Crippen molar-refractivity contribution in [2.45, 2.75) is 45.3 Å². The lowest BCUT2D eigenvalue weighted by Gasteiger charge is -2.35. The van der Waals surface area contributed by atoms with Gasteiger partial charge >= 0.3 is 0 Å². The molecular weight excluding hydrogens is 481 g/mol. The van der Waals surface area contributed by atoms with E-state index >= 15 is 0 Å². The monoisotopic (exact) mass is 507 g/mol. The summed E-state index contributed by atoms with van der Waals surface area (Å²) in [7, 11) is 0. The SMILES string of the molecule is CCC(Oc1ccc(-c2noc(C(C)C)n2)cc1)c1nc(-c2ccc(C(=O)N3CC(O)C3)c(F)c2)no1. The zero-order valence-electron chi connectivity index (χ0n) is 20.6. The number of ether oxygens (including phenoxy) is 1. The largest absolute Gasteiger partial charge is 0.481 e. The van der Waals surface area contributed by atoms with Crippen molar-refractivity contribution >= 4 is 5.91 Å². The Labute approximate surface area is 212 Å². The van der Waals surface area contributed by atoms with Gasteiger partial charge in [-0.1, -0.05) is 37.2 Å². The van der Waals surface area contributed by atoms with Crippen LogP contribution in [0.15, 0.2) is 51.5 Å². The number of aromatic nitrogens is 4. The fraction of sp³-hybridized carbons (Fsp3) is 0.346. The average Bonchev–Trinajstić information content (AvgIpc) is 3.56. The molecule has 11 heteroatoms. The number of hydrogen-bond donors (Lipinski definition) is 1. The van der Waals surface area contributed by atoms with Crippen LogP contribution < -0.4 is 4.74 Å².